The van der Waals surface area contributed by atoms with E-state index in [4.69, 9.17) is 40.1 Å². The molecule has 0 aliphatic carbocycles. The van der Waals surface area contributed by atoms with Crippen molar-refractivity contribution in [1.82, 2.24) is 9.97 Å². The first-order chi connectivity index (χ1) is 18.6. The normalized spacial score (nSPS) is 13.1. The summed E-state index contributed by atoms with van der Waals surface area (Å²) in [4.78, 5) is 21.6. The second-order valence-corrected chi connectivity index (χ2v) is 9.27. The molecule has 40 heavy (non-hydrogen) atoms. The van der Waals surface area contributed by atoms with Crippen molar-refractivity contribution in [2.45, 2.75) is 18.3 Å². The number of alkyl halides is 6. The maximum atomic E-state index is 15.1. The zero-order chi connectivity index (χ0) is 29.8. The van der Waals surface area contributed by atoms with Gasteiger partial charge in [0, 0.05) is 23.5 Å². The Balaban J connectivity index is 2.03. The smallest absolute Gasteiger partial charge is 0.320 e. The van der Waals surface area contributed by atoms with Crippen LogP contribution in [-0.2, 0) is 6.18 Å². The number of carbonyl (C=O) groups excluding carboxylic acids is 1. The number of aromatic nitrogens is 2. The van der Waals surface area contributed by atoms with E-state index in [9.17, 15) is 31.1 Å². The number of nitriles is 1. The molecule has 210 valence electrons. The van der Waals surface area contributed by atoms with Crippen molar-refractivity contribution in [2.75, 3.05) is 18.0 Å². The zero-order valence-corrected chi connectivity index (χ0v) is 21.9. The van der Waals surface area contributed by atoms with Gasteiger partial charge in [0.15, 0.2) is 5.78 Å². The highest BCUT2D eigenvalue weighted by Crippen LogP contribution is 2.43. The Morgan fingerprint density at radius 2 is 1.62 bits per heavy atom. The lowest BCUT2D eigenvalue weighted by molar-refractivity contribution is -0.140. The maximum absolute atomic E-state index is 15.1. The minimum Gasteiger partial charge on any atom is -0.320 e. The summed E-state index contributed by atoms with van der Waals surface area (Å²) in [6, 6.07) is 6.41. The fourth-order valence-corrected chi connectivity index (χ4v) is 4.16. The van der Waals surface area contributed by atoms with Crippen LogP contribution in [0.5, 0.6) is 0 Å². The summed E-state index contributed by atoms with van der Waals surface area (Å²) in [7, 11) is 0. The van der Waals surface area contributed by atoms with Gasteiger partial charge < -0.3 is 4.90 Å². The number of nitrogens with zero attached hydrogens (tertiary/aromatic N) is 4. The lowest BCUT2D eigenvalue weighted by Crippen LogP contribution is -2.32. The van der Waals surface area contributed by atoms with Crippen LogP contribution in [0.2, 0.25) is 15.1 Å². The SMILES string of the molecule is N#CCN(CC(=O)c1ccc(/C(F)=C/C(c2cc(Cl)c(Cl)c(Cl)c2)C(F)(F)F)cc1C(F)(F)F)c1ncccn1. The molecule has 3 rings (SSSR count). The van der Waals surface area contributed by atoms with E-state index >= 15 is 4.39 Å². The lowest BCUT2D eigenvalue weighted by atomic mass is 9.95. The van der Waals surface area contributed by atoms with Gasteiger partial charge in [0.1, 0.15) is 18.3 Å². The van der Waals surface area contributed by atoms with Gasteiger partial charge in [-0.3, -0.25) is 4.79 Å². The standard InChI is InChI=1S/C25H14Cl3F7N4O/c26-18-9-14(10-19(27)22(18)28)16(24(30,31)32)11-20(29)13-2-3-15(17(8-13)25(33,34)35)21(40)12-39(7-4-36)23-37-5-1-6-38-23/h1-3,5-6,8-11,16H,7,12H2/b20-11-. The van der Waals surface area contributed by atoms with Crippen molar-refractivity contribution >= 4 is 52.4 Å². The van der Waals surface area contributed by atoms with Gasteiger partial charge in [-0.25, -0.2) is 14.4 Å². The van der Waals surface area contributed by atoms with E-state index < -0.39 is 65.2 Å². The molecule has 5 nitrogen and oxygen atoms in total. The molecule has 1 heterocycles. The van der Waals surface area contributed by atoms with E-state index in [-0.39, 0.29) is 33.2 Å². The maximum Gasteiger partial charge on any atom is 0.417 e. The number of benzene rings is 2. The summed E-state index contributed by atoms with van der Waals surface area (Å²) >= 11 is 17.4. The Hall–Kier alpha value is -3.40. The van der Waals surface area contributed by atoms with E-state index in [0.29, 0.717) is 6.07 Å². The molecule has 15 heteroatoms. The van der Waals surface area contributed by atoms with Crippen LogP contribution < -0.4 is 4.90 Å². The van der Waals surface area contributed by atoms with E-state index in [0.717, 1.165) is 23.1 Å². The molecule has 1 unspecified atom stereocenters. The average Bonchev–Trinajstić information content (AvgIpc) is 2.88. The summed E-state index contributed by atoms with van der Waals surface area (Å²) in [6.45, 7) is -1.18. The number of Topliss-reactive ketones (excluding diaryl/α,β-unsaturated/α-hetero) is 1. The van der Waals surface area contributed by atoms with Crippen LogP contribution in [0.4, 0.5) is 36.7 Å². The topological polar surface area (TPSA) is 69.9 Å². The highest BCUT2D eigenvalue weighted by atomic mass is 35.5. The highest BCUT2D eigenvalue weighted by Gasteiger charge is 2.41. The first-order valence-corrected chi connectivity index (χ1v) is 12.0. The Kier molecular flexibility index (Phi) is 9.66. The van der Waals surface area contributed by atoms with Crippen LogP contribution in [0.3, 0.4) is 0 Å². The van der Waals surface area contributed by atoms with Crippen molar-refractivity contribution in [1.29, 1.82) is 5.26 Å². The summed E-state index contributed by atoms with van der Waals surface area (Å²) in [6.07, 6.45) is -7.63. The predicted octanol–water partition coefficient (Wildman–Crippen LogP) is 8.32. The molecule has 0 saturated carbocycles. The van der Waals surface area contributed by atoms with Crippen molar-refractivity contribution < 1.29 is 35.5 Å². The van der Waals surface area contributed by atoms with Gasteiger partial charge in [-0.1, -0.05) is 46.9 Å². The second kappa shape index (κ2) is 12.4. The fraction of sp³-hybridized carbons (Fsp3) is 0.200. The van der Waals surface area contributed by atoms with Gasteiger partial charge in [0.05, 0.1) is 33.2 Å². The van der Waals surface area contributed by atoms with Crippen LogP contribution >= 0.6 is 34.8 Å². The number of rotatable bonds is 8. The summed E-state index contributed by atoms with van der Waals surface area (Å²) in [5, 5.41) is 8.10. The Morgan fingerprint density at radius 3 is 2.15 bits per heavy atom. The van der Waals surface area contributed by atoms with Gasteiger partial charge >= 0.3 is 12.4 Å². The zero-order valence-electron chi connectivity index (χ0n) is 19.7. The molecule has 1 aromatic heterocycles. The fourth-order valence-electron chi connectivity index (χ4n) is 3.54. The molecule has 0 bridgehead atoms. The molecule has 2 aromatic carbocycles. The Morgan fingerprint density at radius 1 is 1.02 bits per heavy atom. The predicted molar refractivity (Wildman–Crippen MR) is 135 cm³/mol. The molecule has 0 radical (unpaired) electrons. The highest BCUT2D eigenvalue weighted by molar-refractivity contribution is 6.48. The molecule has 3 aromatic rings. The van der Waals surface area contributed by atoms with E-state index in [2.05, 4.69) is 9.97 Å². The van der Waals surface area contributed by atoms with E-state index in [1.165, 1.54) is 18.5 Å². The molecule has 0 fully saturated rings. The summed E-state index contributed by atoms with van der Waals surface area (Å²) in [5.41, 5.74) is -3.97. The van der Waals surface area contributed by atoms with Gasteiger partial charge in [-0.05, 0) is 35.9 Å². The second-order valence-electron chi connectivity index (χ2n) is 8.08. The third kappa shape index (κ3) is 7.41. The summed E-state index contributed by atoms with van der Waals surface area (Å²) < 4.78 is 98.2. The third-order valence-electron chi connectivity index (χ3n) is 5.36. The van der Waals surface area contributed by atoms with Gasteiger partial charge in [0.2, 0.25) is 5.95 Å². The van der Waals surface area contributed by atoms with Crippen LogP contribution in [0.1, 0.15) is 33.0 Å². The quantitative estimate of drug-likeness (QED) is 0.109. The van der Waals surface area contributed by atoms with Crippen LogP contribution in [0.25, 0.3) is 5.83 Å². The first kappa shape index (κ1) is 31.1. The molecule has 0 saturated heterocycles. The monoisotopic (exact) mass is 624 g/mol. The largest absolute Gasteiger partial charge is 0.417 e. The van der Waals surface area contributed by atoms with Crippen LogP contribution in [0, 0.1) is 11.3 Å². The minimum absolute atomic E-state index is 0.0638. The molecule has 1 atom stereocenters. The Labute approximate surface area is 237 Å². The number of halogens is 10. The number of carbonyl (C=O) groups is 1. The van der Waals surface area contributed by atoms with Gasteiger partial charge in [-0.2, -0.15) is 31.6 Å². The molecule has 0 spiro atoms. The summed E-state index contributed by atoms with van der Waals surface area (Å²) in [5.74, 6) is -5.53. The average molecular weight is 626 g/mol. The minimum atomic E-state index is -5.19. The molecule has 0 N–H and O–H groups in total. The number of ketones is 1. The Bertz CT molecular complexity index is 1450. The van der Waals surface area contributed by atoms with Gasteiger partial charge in [0.25, 0.3) is 0 Å². The molecular weight excluding hydrogens is 612 g/mol. The molecule has 0 aliphatic rings. The molecular formula is C25H14Cl3F7N4O. The first-order valence-electron chi connectivity index (χ1n) is 10.9. The molecule has 0 amide bonds. The van der Waals surface area contributed by atoms with Crippen molar-refractivity contribution in [3.63, 3.8) is 0 Å². The number of hydrogen-bond donors (Lipinski definition) is 0. The van der Waals surface area contributed by atoms with Crippen molar-refractivity contribution in [3.8, 4) is 6.07 Å². The third-order valence-corrected chi connectivity index (χ3v) is 6.56. The van der Waals surface area contributed by atoms with Crippen LogP contribution in [0.15, 0.2) is 54.9 Å². The number of hydrogen-bond acceptors (Lipinski definition) is 5. The van der Waals surface area contributed by atoms with E-state index in [1.807, 2.05) is 0 Å². The number of anilines is 1. The lowest BCUT2D eigenvalue weighted by Gasteiger charge is -2.20. The van der Waals surface area contributed by atoms with Crippen molar-refractivity contribution in [3.05, 3.63) is 92.2 Å². The van der Waals surface area contributed by atoms with E-state index in [1.54, 1.807) is 6.07 Å². The number of allylic oxidation sites excluding steroid dienone is 1. The molecule has 0 aliphatic heterocycles. The van der Waals surface area contributed by atoms with Crippen molar-refractivity contribution in [2.24, 2.45) is 0 Å². The van der Waals surface area contributed by atoms with Gasteiger partial charge in [-0.15, -0.1) is 0 Å². The van der Waals surface area contributed by atoms with Crippen LogP contribution in [-0.4, -0.2) is 35.0 Å².